The van der Waals surface area contributed by atoms with E-state index in [1.807, 2.05) is 6.92 Å². The molecule has 0 bridgehead atoms. The van der Waals surface area contributed by atoms with Gasteiger partial charge >= 0.3 is 0 Å². The lowest BCUT2D eigenvalue weighted by Gasteiger charge is -2.24. The van der Waals surface area contributed by atoms with Crippen molar-refractivity contribution < 1.29 is 0 Å². The van der Waals surface area contributed by atoms with E-state index < -0.39 is 0 Å². The summed E-state index contributed by atoms with van der Waals surface area (Å²) in [5.74, 6) is 0. The van der Waals surface area contributed by atoms with Crippen LogP contribution in [0.4, 0.5) is 0 Å². The third kappa shape index (κ3) is 3.71. The number of nitrogens with one attached hydrogen (secondary N) is 1. The highest BCUT2D eigenvalue weighted by atomic mass is 35.5. The molecule has 100 valence electrons. The van der Waals surface area contributed by atoms with E-state index in [0.29, 0.717) is 6.04 Å². The molecule has 0 aliphatic carbocycles. The Labute approximate surface area is 115 Å². The molecular formula is C15H23ClN2. The van der Waals surface area contributed by atoms with Crippen LogP contribution in [0.3, 0.4) is 0 Å². The van der Waals surface area contributed by atoms with Crippen LogP contribution in [0.5, 0.6) is 0 Å². The van der Waals surface area contributed by atoms with E-state index in [9.17, 15) is 0 Å². The number of hydrogen-bond acceptors (Lipinski definition) is 2. The monoisotopic (exact) mass is 266 g/mol. The zero-order valence-corrected chi connectivity index (χ0v) is 12.1. The summed E-state index contributed by atoms with van der Waals surface area (Å²) >= 11 is 6.18. The molecule has 1 aromatic carbocycles. The predicted octanol–water partition coefficient (Wildman–Crippen LogP) is 3.22. The van der Waals surface area contributed by atoms with Crippen LogP contribution in [0.15, 0.2) is 18.2 Å². The van der Waals surface area contributed by atoms with E-state index in [1.165, 1.54) is 24.9 Å². The van der Waals surface area contributed by atoms with Crippen molar-refractivity contribution in [3.05, 3.63) is 34.3 Å². The van der Waals surface area contributed by atoms with Crippen LogP contribution in [0.2, 0.25) is 5.02 Å². The van der Waals surface area contributed by atoms with Crippen molar-refractivity contribution in [3.8, 4) is 0 Å². The molecule has 1 fully saturated rings. The molecule has 2 nitrogen and oxygen atoms in total. The average molecular weight is 267 g/mol. The van der Waals surface area contributed by atoms with Gasteiger partial charge in [0, 0.05) is 24.2 Å². The average Bonchev–Trinajstić information content (AvgIpc) is 2.86. The van der Waals surface area contributed by atoms with Crippen molar-refractivity contribution in [1.82, 2.24) is 10.2 Å². The number of likely N-dealkylation sites (N-methyl/N-ethyl adjacent to an activating group) is 1. The first kappa shape index (κ1) is 13.9. The number of halogens is 1. The van der Waals surface area contributed by atoms with E-state index in [-0.39, 0.29) is 0 Å². The smallest absolute Gasteiger partial charge is 0.0438 e. The summed E-state index contributed by atoms with van der Waals surface area (Å²) < 4.78 is 0. The second-order valence-electron chi connectivity index (χ2n) is 5.20. The van der Waals surface area contributed by atoms with Gasteiger partial charge in [-0.25, -0.2) is 0 Å². The summed E-state index contributed by atoms with van der Waals surface area (Å²) in [6.07, 6.45) is 2.63. The first-order valence-corrected chi connectivity index (χ1v) is 7.27. The molecular weight excluding hydrogens is 244 g/mol. The van der Waals surface area contributed by atoms with Crippen LogP contribution in [0, 0.1) is 6.92 Å². The lowest BCUT2D eigenvalue weighted by molar-refractivity contribution is 0.253. The second kappa shape index (κ2) is 6.55. The van der Waals surface area contributed by atoms with Gasteiger partial charge in [0.1, 0.15) is 0 Å². The Hall–Kier alpha value is -0.570. The summed E-state index contributed by atoms with van der Waals surface area (Å²) in [5, 5.41) is 4.44. The van der Waals surface area contributed by atoms with Gasteiger partial charge in [0.2, 0.25) is 0 Å². The largest absolute Gasteiger partial charge is 0.313 e. The highest BCUT2D eigenvalue weighted by Gasteiger charge is 2.17. The highest BCUT2D eigenvalue weighted by Crippen LogP contribution is 2.18. The fraction of sp³-hybridized carbons (Fsp3) is 0.600. The Bertz CT molecular complexity index is 386. The van der Waals surface area contributed by atoms with Crippen LogP contribution in [-0.2, 0) is 6.54 Å². The van der Waals surface area contributed by atoms with Gasteiger partial charge < -0.3 is 5.32 Å². The summed E-state index contributed by atoms with van der Waals surface area (Å²) in [4.78, 5) is 2.49. The molecule has 0 radical (unpaired) electrons. The number of rotatable bonds is 5. The fourth-order valence-corrected chi connectivity index (χ4v) is 2.73. The van der Waals surface area contributed by atoms with Gasteiger partial charge in [-0.2, -0.15) is 0 Å². The number of aryl methyl sites for hydroxylation is 1. The van der Waals surface area contributed by atoms with E-state index in [4.69, 9.17) is 11.6 Å². The van der Waals surface area contributed by atoms with Gasteiger partial charge in [0.15, 0.2) is 0 Å². The molecule has 1 N–H and O–H groups in total. The van der Waals surface area contributed by atoms with Crippen LogP contribution in [-0.4, -0.2) is 30.6 Å². The minimum atomic E-state index is 0.672. The molecule has 1 heterocycles. The van der Waals surface area contributed by atoms with E-state index in [0.717, 1.165) is 30.2 Å². The van der Waals surface area contributed by atoms with Crippen molar-refractivity contribution in [1.29, 1.82) is 0 Å². The summed E-state index contributed by atoms with van der Waals surface area (Å²) in [7, 11) is 0. The van der Waals surface area contributed by atoms with E-state index in [2.05, 4.69) is 35.3 Å². The van der Waals surface area contributed by atoms with Crippen LogP contribution in [0.25, 0.3) is 0 Å². The third-order valence-electron chi connectivity index (χ3n) is 3.73. The van der Waals surface area contributed by atoms with Gasteiger partial charge in [0.25, 0.3) is 0 Å². The zero-order chi connectivity index (χ0) is 13.0. The van der Waals surface area contributed by atoms with Crippen LogP contribution in [0.1, 0.15) is 30.9 Å². The van der Waals surface area contributed by atoms with Crippen molar-refractivity contribution in [3.63, 3.8) is 0 Å². The predicted molar refractivity (Wildman–Crippen MR) is 78.2 cm³/mol. The van der Waals surface area contributed by atoms with Gasteiger partial charge in [-0.05, 0) is 50.0 Å². The lowest BCUT2D eigenvalue weighted by atomic mass is 10.1. The Morgan fingerprint density at radius 3 is 2.89 bits per heavy atom. The maximum atomic E-state index is 6.18. The quantitative estimate of drug-likeness (QED) is 0.880. The third-order valence-corrected chi connectivity index (χ3v) is 4.14. The van der Waals surface area contributed by atoms with Crippen molar-refractivity contribution in [2.24, 2.45) is 0 Å². The Balaban J connectivity index is 1.94. The fourth-order valence-electron chi connectivity index (χ4n) is 2.52. The molecule has 1 atom stereocenters. The SMILES string of the molecule is CCN(Cc1ccc(C)c(Cl)c1)CC1CCCN1. The molecule has 18 heavy (non-hydrogen) atoms. The number of hydrogen-bond donors (Lipinski definition) is 1. The molecule has 2 rings (SSSR count). The van der Waals surface area contributed by atoms with Crippen LogP contribution < -0.4 is 5.32 Å². The maximum Gasteiger partial charge on any atom is 0.0438 e. The summed E-state index contributed by atoms with van der Waals surface area (Å²) in [5.41, 5.74) is 2.46. The molecule has 0 aromatic heterocycles. The maximum absolute atomic E-state index is 6.18. The summed E-state index contributed by atoms with van der Waals surface area (Å²) in [6.45, 7) is 8.68. The molecule has 0 amide bonds. The Morgan fingerprint density at radius 2 is 2.28 bits per heavy atom. The van der Waals surface area contributed by atoms with Gasteiger partial charge in [-0.15, -0.1) is 0 Å². The van der Waals surface area contributed by atoms with Crippen LogP contribution >= 0.6 is 11.6 Å². The highest BCUT2D eigenvalue weighted by molar-refractivity contribution is 6.31. The zero-order valence-electron chi connectivity index (χ0n) is 11.4. The topological polar surface area (TPSA) is 15.3 Å². The molecule has 3 heteroatoms. The minimum absolute atomic E-state index is 0.672. The van der Waals surface area contributed by atoms with Gasteiger partial charge in [0.05, 0.1) is 0 Å². The molecule has 1 saturated heterocycles. The lowest BCUT2D eigenvalue weighted by Crippen LogP contribution is -2.37. The summed E-state index contributed by atoms with van der Waals surface area (Å²) in [6, 6.07) is 7.07. The van der Waals surface area contributed by atoms with E-state index >= 15 is 0 Å². The first-order valence-electron chi connectivity index (χ1n) is 6.90. The molecule has 1 aromatic rings. The first-order chi connectivity index (χ1) is 8.69. The number of nitrogens with zero attached hydrogens (tertiary/aromatic N) is 1. The second-order valence-corrected chi connectivity index (χ2v) is 5.61. The van der Waals surface area contributed by atoms with E-state index in [1.54, 1.807) is 0 Å². The molecule has 1 aliphatic rings. The van der Waals surface area contributed by atoms with Gasteiger partial charge in [-0.3, -0.25) is 4.90 Å². The van der Waals surface area contributed by atoms with Crippen molar-refractivity contribution >= 4 is 11.6 Å². The normalized spacial score (nSPS) is 19.7. The molecule has 1 aliphatic heterocycles. The number of benzene rings is 1. The Morgan fingerprint density at radius 1 is 1.44 bits per heavy atom. The Kier molecular flexibility index (Phi) is 5.04. The molecule has 0 saturated carbocycles. The molecule has 1 unspecified atom stereocenters. The van der Waals surface area contributed by atoms with Crippen molar-refractivity contribution in [2.75, 3.05) is 19.6 Å². The van der Waals surface area contributed by atoms with Gasteiger partial charge in [-0.1, -0.05) is 30.7 Å². The standard InChI is InChI=1S/C15H23ClN2/c1-3-18(11-14-5-4-8-17-14)10-13-7-6-12(2)15(16)9-13/h6-7,9,14,17H,3-5,8,10-11H2,1-2H3. The minimum Gasteiger partial charge on any atom is -0.313 e. The molecule has 0 spiro atoms. The van der Waals surface area contributed by atoms with Crippen molar-refractivity contribution in [2.45, 2.75) is 39.3 Å².